The smallest absolute Gasteiger partial charge is 0.399 e. The van der Waals surface area contributed by atoms with Gasteiger partial charge in [-0.1, -0.05) is 97.1 Å². The summed E-state index contributed by atoms with van der Waals surface area (Å²) in [5, 5.41) is 9.78. The lowest BCUT2D eigenvalue weighted by molar-refractivity contribution is 0.00578. The summed E-state index contributed by atoms with van der Waals surface area (Å²) < 4.78 is 18.9. The molecule has 0 bridgehead atoms. The van der Waals surface area contributed by atoms with Crippen molar-refractivity contribution >= 4 is 131 Å². The third kappa shape index (κ3) is 6.49. The maximum atomic E-state index is 6.89. The highest BCUT2D eigenvalue weighted by Crippen LogP contribution is 2.46. The Morgan fingerprint density at radius 1 is 0.349 bits per heavy atom. The van der Waals surface area contributed by atoms with E-state index in [9.17, 15) is 0 Å². The van der Waals surface area contributed by atoms with Gasteiger partial charge in [0, 0.05) is 74.5 Å². The van der Waals surface area contributed by atoms with Gasteiger partial charge in [-0.3, -0.25) is 0 Å². The second kappa shape index (κ2) is 14.5. The van der Waals surface area contributed by atoms with E-state index in [1.807, 2.05) is 22.7 Å². The third-order valence-corrected chi connectivity index (χ3v) is 15.5. The van der Waals surface area contributed by atoms with E-state index in [4.69, 9.17) is 9.31 Å². The van der Waals surface area contributed by atoms with Gasteiger partial charge < -0.3 is 19.1 Å². The summed E-state index contributed by atoms with van der Waals surface area (Å²) in [6.45, 7) is 8.51. The molecule has 0 atom stereocenters. The minimum Gasteiger partial charge on any atom is -0.399 e. The summed E-state index contributed by atoms with van der Waals surface area (Å²) in [6, 6.07) is 68.9. The first kappa shape index (κ1) is 38.2. The van der Waals surface area contributed by atoms with E-state index in [2.05, 4.69) is 226 Å². The van der Waals surface area contributed by atoms with Crippen molar-refractivity contribution in [3.63, 3.8) is 0 Å². The van der Waals surface area contributed by atoms with Crippen LogP contribution in [0, 0.1) is 0 Å². The first-order valence-corrected chi connectivity index (χ1v) is 23.2. The summed E-state index contributed by atoms with van der Waals surface area (Å²) in [6.07, 6.45) is 0. The molecule has 9 aromatic carbocycles. The number of hydrogen-bond donors (Lipinski definition) is 0. The third-order valence-electron chi connectivity index (χ3n) is 13.2. The molecule has 0 saturated carbocycles. The van der Waals surface area contributed by atoms with Gasteiger partial charge in [-0.2, -0.15) is 0 Å². The van der Waals surface area contributed by atoms with E-state index < -0.39 is 18.3 Å². The van der Waals surface area contributed by atoms with Crippen LogP contribution in [0.2, 0.25) is 0 Å². The monoisotopic (exact) mass is 850 g/mol. The topological polar surface area (TPSA) is 24.9 Å². The second-order valence-electron chi connectivity index (χ2n) is 17.7. The van der Waals surface area contributed by atoms with E-state index in [-0.39, 0.29) is 0 Å². The predicted octanol–water partition coefficient (Wildman–Crippen LogP) is 16.0. The Kier molecular flexibility index (Phi) is 8.83. The van der Waals surface area contributed by atoms with Crippen molar-refractivity contribution in [2.24, 2.45) is 0 Å². The summed E-state index contributed by atoms with van der Waals surface area (Å²) in [5.74, 6) is 0. The number of anilines is 6. The fourth-order valence-electron chi connectivity index (χ4n) is 9.22. The molecule has 3 heterocycles. The van der Waals surface area contributed by atoms with Gasteiger partial charge in [0.15, 0.2) is 0 Å². The van der Waals surface area contributed by atoms with Crippen LogP contribution < -0.4 is 15.3 Å². The average Bonchev–Trinajstić information content (AvgIpc) is 3.93. The number of benzene rings is 9. The lowest BCUT2D eigenvalue weighted by atomic mass is 9.78. The average molecular weight is 851 g/mol. The van der Waals surface area contributed by atoms with Gasteiger partial charge in [-0.15, -0.1) is 22.7 Å². The normalized spacial score (nSPS) is 14.8. The molecule has 63 heavy (non-hydrogen) atoms. The number of rotatable bonds is 7. The van der Waals surface area contributed by atoms with Crippen LogP contribution in [0.3, 0.4) is 0 Å². The Morgan fingerprint density at radius 3 is 1.21 bits per heavy atom. The molecule has 4 nitrogen and oxygen atoms in total. The highest BCUT2D eigenvalue weighted by Gasteiger charge is 2.52. The summed E-state index contributed by atoms with van der Waals surface area (Å²) >= 11 is 3.68. The first-order chi connectivity index (χ1) is 30.7. The molecular formula is C56H43BN2O2S2. The molecule has 0 aliphatic carbocycles. The summed E-state index contributed by atoms with van der Waals surface area (Å²) in [7, 11) is -0.600. The van der Waals surface area contributed by atoms with Crippen molar-refractivity contribution in [1.82, 2.24) is 0 Å². The minimum absolute atomic E-state index is 0.528. The van der Waals surface area contributed by atoms with E-state index in [0.29, 0.717) is 0 Å². The highest BCUT2D eigenvalue weighted by atomic mass is 32.1. The minimum atomic E-state index is -0.600. The van der Waals surface area contributed by atoms with Gasteiger partial charge in [-0.25, -0.2) is 0 Å². The maximum absolute atomic E-state index is 6.89. The predicted molar refractivity (Wildman–Crippen MR) is 272 cm³/mol. The van der Waals surface area contributed by atoms with Gasteiger partial charge in [0.25, 0.3) is 0 Å². The number of fused-ring (bicyclic) bond motifs is 8. The molecule has 0 amide bonds. The molecule has 0 radical (unpaired) electrons. The molecular weight excluding hydrogens is 808 g/mol. The molecule has 12 rings (SSSR count). The molecule has 0 spiro atoms. The second-order valence-corrected chi connectivity index (χ2v) is 19.8. The Bertz CT molecular complexity index is 3360. The molecule has 11 aromatic rings. The van der Waals surface area contributed by atoms with E-state index in [1.54, 1.807) is 0 Å². The van der Waals surface area contributed by atoms with Gasteiger partial charge in [0.2, 0.25) is 0 Å². The zero-order valence-corrected chi connectivity index (χ0v) is 37.1. The zero-order valence-electron chi connectivity index (χ0n) is 35.5. The molecule has 1 fully saturated rings. The SMILES string of the molecule is CC1(C)OB(c2cc(N(c3ccc4ccccc4c3)c3ccc4sc5ccccc5c4c3)cc(N(c3ccc4ccccc4c3)c3ccc4sc5ccccc5c4c3)c2)OC1(C)C. The van der Waals surface area contributed by atoms with Gasteiger partial charge in [0.05, 0.1) is 11.2 Å². The van der Waals surface area contributed by atoms with Crippen LogP contribution in [0.4, 0.5) is 34.1 Å². The number of thiophene rings is 2. The Labute approximate surface area is 375 Å². The molecule has 0 N–H and O–H groups in total. The molecule has 304 valence electrons. The van der Waals surface area contributed by atoms with Crippen molar-refractivity contribution < 1.29 is 9.31 Å². The Morgan fingerprint density at radius 2 is 0.730 bits per heavy atom. The first-order valence-electron chi connectivity index (χ1n) is 21.6. The highest BCUT2D eigenvalue weighted by molar-refractivity contribution is 7.26. The molecule has 1 aliphatic heterocycles. The quantitative estimate of drug-likeness (QED) is 0.149. The number of nitrogens with zero attached hydrogens (tertiary/aromatic N) is 2. The maximum Gasteiger partial charge on any atom is 0.494 e. The van der Waals surface area contributed by atoms with Gasteiger partial charge in [-0.05, 0) is 146 Å². The molecule has 2 aromatic heterocycles. The van der Waals surface area contributed by atoms with Crippen LogP contribution in [0.1, 0.15) is 27.7 Å². The Balaban J connectivity index is 1.13. The van der Waals surface area contributed by atoms with Crippen molar-refractivity contribution in [2.45, 2.75) is 38.9 Å². The fourth-order valence-corrected chi connectivity index (χ4v) is 11.4. The van der Waals surface area contributed by atoms with Crippen molar-refractivity contribution in [3.8, 4) is 0 Å². The standard InChI is InChI=1S/C56H43BN2O2S2/c1-55(2)56(3,4)61-57(60-55)40-31-45(58(41-23-21-36-13-5-7-15-38(36)29-41)43-25-27-53-49(34-43)47-17-9-11-19-51(47)62-53)33-46(32-40)59(42-24-22-37-14-6-8-16-39(37)30-42)44-26-28-54-50(35-44)48-18-10-12-20-52(48)63-54/h5-35H,1-4H3. The van der Waals surface area contributed by atoms with E-state index in [0.717, 1.165) is 39.6 Å². The van der Waals surface area contributed by atoms with Crippen LogP contribution in [-0.2, 0) is 9.31 Å². The van der Waals surface area contributed by atoms with Gasteiger partial charge >= 0.3 is 7.12 Å². The van der Waals surface area contributed by atoms with Crippen molar-refractivity contribution in [2.75, 3.05) is 9.80 Å². The van der Waals surface area contributed by atoms with Gasteiger partial charge in [0.1, 0.15) is 0 Å². The van der Waals surface area contributed by atoms with Crippen LogP contribution in [0.15, 0.2) is 188 Å². The summed E-state index contributed by atoms with van der Waals surface area (Å²) in [4.78, 5) is 4.81. The molecule has 1 saturated heterocycles. The van der Waals surface area contributed by atoms with Crippen LogP contribution in [0.5, 0.6) is 0 Å². The fraction of sp³-hybridized carbons (Fsp3) is 0.107. The number of hydrogen-bond acceptors (Lipinski definition) is 6. The van der Waals surface area contributed by atoms with Crippen LogP contribution >= 0.6 is 22.7 Å². The van der Waals surface area contributed by atoms with E-state index in [1.165, 1.54) is 61.9 Å². The Hall–Kier alpha value is -6.48. The largest absolute Gasteiger partial charge is 0.494 e. The molecule has 7 heteroatoms. The molecule has 1 aliphatic rings. The zero-order chi connectivity index (χ0) is 42.5. The van der Waals surface area contributed by atoms with Crippen LogP contribution in [0.25, 0.3) is 61.9 Å². The summed E-state index contributed by atoms with van der Waals surface area (Å²) in [5.41, 5.74) is 6.16. The molecule has 0 unspecified atom stereocenters. The lowest BCUT2D eigenvalue weighted by Gasteiger charge is -2.32. The van der Waals surface area contributed by atoms with Crippen molar-refractivity contribution in [3.05, 3.63) is 188 Å². The van der Waals surface area contributed by atoms with Crippen molar-refractivity contribution in [1.29, 1.82) is 0 Å². The van der Waals surface area contributed by atoms with Crippen LogP contribution in [-0.4, -0.2) is 18.3 Å². The lowest BCUT2D eigenvalue weighted by Crippen LogP contribution is -2.41. The van der Waals surface area contributed by atoms with E-state index >= 15 is 0 Å².